The third kappa shape index (κ3) is 6.37. The zero-order valence-electron chi connectivity index (χ0n) is 12.2. The van der Waals surface area contributed by atoms with E-state index in [1.807, 2.05) is 12.1 Å². The average molecular weight is 362 g/mol. The second kappa shape index (κ2) is 8.80. The molecule has 0 aliphatic rings. The van der Waals surface area contributed by atoms with Gasteiger partial charge in [0.2, 0.25) is 0 Å². The summed E-state index contributed by atoms with van der Waals surface area (Å²) < 4.78 is 24.2. The number of hydrogen-bond donors (Lipinski definition) is 1. The summed E-state index contributed by atoms with van der Waals surface area (Å²) in [6, 6.07) is 8.27. The van der Waals surface area contributed by atoms with Gasteiger partial charge in [-0.25, -0.2) is 8.42 Å². The van der Waals surface area contributed by atoms with Crippen LogP contribution in [0.2, 0.25) is 0 Å². The second-order valence-corrected chi connectivity index (χ2v) is 8.33. The quantitative estimate of drug-likeness (QED) is 0.733. The average Bonchev–Trinajstić information content (AvgIpc) is 2.42. The van der Waals surface area contributed by atoms with Crippen molar-refractivity contribution >= 4 is 25.8 Å². The minimum absolute atomic E-state index is 0.238. The minimum Gasteiger partial charge on any atom is -0.316 e. The van der Waals surface area contributed by atoms with Gasteiger partial charge in [-0.3, -0.25) is 0 Å². The van der Waals surface area contributed by atoms with Crippen LogP contribution in [0.1, 0.15) is 38.2 Å². The van der Waals surface area contributed by atoms with Gasteiger partial charge in [0.25, 0.3) is 0 Å². The summed E-state index contributed by atoms with van der Waals surface area (Å²) >= 11 is 3.49. The van der Waals surface area contributed by atoms with Crippen LogP contribution in [0.3, 0.4) is 0 Å². The van der Waals surface area contributed by atoms with E-state index in [-0.39, 0.29) is 5.75 Å². The Kier molecular flexibility index (Phi) is 7.77. The molecule has 3 nitrogen and oxygen atoms in total. The molecule has 0 saturated carbocycles. The molecule has 1 unspecified atom stereocenters. The van der Waals surface area contributed by atoms with E-state index in [1.165, 1.54) is 5.56 Å². The number of sulfone groups is 1. The van der Waals surface area contributed by atoms with Crippen molar-refractivity contribution in [2.75, 3.05) is 24.6 Å². The summed E-state index contributed by atoms with van der Waals surface area (Å²) in [6.45, 7) is 5.61. The van der Waals surface area contributed by atoms with Gasteiger partial charge in [-0.15, -0.1) is 0 Å². The molecule has 0 heterocycles. The third-order valence-electron chi connectivity index (χ3n) is 3.41. The maximum Gasteiger partial charge on any atom is 0.150 e. The zero-order chi connectivity index (χ0) is 15.0. The Morgan fingerprint density at radius 2 is 2.05 bits per heavy atom. The number of benzene rings is 1. The maximum atomic E-state index is 11.6. The van der Waals surface area contributed by atoms with Crippen molar-refractivity contribution in [3.8, 4) is 0 Å². The van der Waals surface area contributed by atoms with Gasteiger partial charge in [-0.1, -0.05) is 41.9 Å². The molecule has 0 bridgehead atoms. The highest BCUT2D eigenvalue weighted by Crippen LogP contribution is 2.24. The molecule has 5 heteroatoms. The molecule has 0 fully saturated rings. The highest BCUT2D eigenvalue weighted by atomic mass is 79.9. The molecule has 1 aromatic carbocycles. The summed E-state index contributed by atoms with van der Waals surface area (Å²) in [4.78, 5) is 0. The SMILES string of the molecule is CCNCC(CCCS(=O)(=O)CC)c1cccc(Br)c1. The molecule has 114 valence electrons. The van der Waals surface area contributed by atoms with Crippen molar-refractivity contribution in [3.63, 3.8) is 0 Å². The van der Waals surface area contributed by atoms with Crippen molar-refractivity contribution in [1.82, 2.24) is 5.32 Å². The van der Waals surface area contributed by atoms with Gasteiger partial charge in [-0.05, 0) is 43.0 Å². The lowest BCUT2D eigenvalue weighted by molar-refractivity contribution is 0.548. The molecule has 1 atom stereocenters. The van der Waals surface area contributed by atoms with Gasteiger partial charge in [0.15, 0.2) is 0 Å². The Morgan fingerprint density at radius 3 is 2.65 bits per heavy atom. The van der Waals surface area contributed by atoms with E-state index in [0.29, 0.717) is 11.7 Å². The molecule has 0 radical (unpaired) electrons. The first-order chi connectivity index (χ1) is 9.48. The van der Waals surface area contributed by atoms with E-state index in [0.717, 1.165) is 30.4 Å². The Hall–Kier alpha value is -0.390. The lowest BCUT2D eigenvalue weighted by atomic mass is 9.94. The molecule has 0 aliphatic carbocycles. The molecule has 0 spiro atoms. The Balaban J connectivity index is 2.65. The second-order valence-electron chi connectivity index (χ2n) is 4.94. The summed E-state index contributed by atoms with van der Waals surface area (Å²) in [5, 5.41) is 3.36. The number of likely N-dealkylation sites (N-methyl/N-ethyl adjacent to an activating group) is 1. The molecule has 1 rings (SSSR count). The summed E-state index contributed by atoms with van der Waals surface area (Å²) in [7, 11) is -2.86. The first-order valence-corrected chi connectivity index (χ1v) is 9.76. The van der Waals surface area contributed by atoms with Gasteiger partial charge < -0.3 is 5.32 Å². The molecule has 0 amide bonds. The highest BCUT2D eigenvalue weighted by molar-refractivity contribution is 9.10. The van der Waals surface area contributed by atoms with Crippen molar-refractivity contribution in [2.24, 2.45) is 0 Å². The molecule has 20 heavy (non-hydrogen) atoms. The van der Waals surface area contributed by atoms with Crippen molar-refractivity contribution in [3.05, 3.63) is 34.3 Å². The van der Waals surface area contributed by atoms with Crippen LogP contribution in [0.4, 0.5) is 0 Å². The third-order valence-corrected chi connectivity index (χ3v) is 5.69. The van der Waals surface area contributed by atoms with E-state index >= 15 is 0 Å². The van der Waals surface area contributed by atoms with Crippen molar-refractivity contribution < 1.29 is 8.42 Å². The number of hydrogen-bond acceptors (Lipinski definition) is 3. The van der Waals surface area contributed by atoms with Crippen molar-refractivity contribution in [2.45, 2.75) is 32.6 Å². The first kappa shape index (κ1) is 17.7. The molecule has 0 aromatic heterocycles. The minimum atomic E-state index is -2.86. The predicted octanol–water partition coefficient (Wildman–Crippen LogP) is 3.36. The maximum absolute atomic E-state index is 11.6. The summed E-state index contributed by atoms with van der Waals surface area (Å²) in [5.41, 5.74) is 1.26. The van der Waals surface area contributed by atoms with E-state index in [4.69, 9.17) is 0 Å². The zero-order valence-corrected chi connectivity index (χ0v) is 14.6. The van der Waals surface area contributed by atoms with Crippen LogP contribution in [-0.2, 0) is 9.84 Å². The van der Waals surface area contributed by atoms with Crippen molar-refractivity contribution in [1.29, 1.82) is 0 Å². The fraction of sp³-hybridized carbons (Fsp3) is 0.600. The monoisotopic (exact) mass is 361 g/mol. The largest absolute Gasteiger partial charge is 0.316 e. The summed E-state index contributed by atoms with van der Waals surface area (Å²) in [6.07, 6.45) is 1.61. The fourth-order valence-electron chi connectivity index (χ4n) is 2.16. The molecular weight excluding hydrogens is 338 g/mol. The van der Waals surface area contributed by atoms with E-state index in [9.17, 15) is 8.42 Å². The van der Waals surface area contributed by atoms with Gasteiger partial charge in [-0.2, -0.15) is 0 Å². The number of rotatable bonds is 9. The number of nitrogens with one attached hydrogen (secondary N) is 1. The number of halogens is 1. The topological polar surface area (TPSA) is 46.2 Å². The normalized spacial score (nSPS) is 13.3. The van der Waals surface area contributed by atoms with Crippen LogP contribution >= 0.6 is 15.9 Å². The van der Waals surface area contributed by atoms with Gasteiger partial charge >= 0.3 is 0 Å². The molecule has 0 aliphatic heterocycles. The van der Waals surface area contributed by atoms with Crippen LogP contribution < -0.4 is 5.32 Å². The lowest BCUT2D eigenvalue weighted by Crippen LogP contribution is -2.22. The van der Waals surface area contributed by atoms with E-state index < -0.39 is 9.84 Å². The Bertz CT molecular complexity index is 502. The van der Waals surface area contributed by atoms with Crippen LogP contribution in [0.25, 0.3) is 0 Å². The van der Waals surface area contributed by atoms with E-state index in [1.54, 1.807) is 6.92 Å². The molecule has 0 saturated heterocycles. The van der Waals surface area contributed by atoms with Crippen LogP contribution in [0, 0.1) is 0 Å². The van der Waals surface area contributed by atoms with Crippen LogP contribution in [0.5, 0.6) is 0 Å². The predicted molar refractivity (Wildman–Crippen MR) is 89.0 cm³/mol. The van der Waals surface area contributed by atoms with Gasteiger partial charge in [0, 0.05) is 16.8 Å². The first-order valence-electron chi connectivity index (χ1n) is 7.15. The standard InChI is InChI=1S/C15H24BrNO2S/c1-3-17-12-14(8-6-10-20(18,19)4-2)13-7-5-9-15(16)11-13/h5,7,9,11,14,17H,3-4,6,8,10,12H2,1-2H3. The molecule has 1 aromatic rings. The smallest absolute Gasteiger partial charge is 0.150 e. The Morgan fingerprint density at radius 1 is 1.30 bits per heavy atom. The van der Waals surface area contributed by atoms with E-state index in [2.05, 4.69) is 40.3 Å². The molecule has 1 N–H and O–H groups in total. The Labute approximate surface area is 131 Å². The fourth-order valence-corrected chi connectivity index (χ4v) is 3.47. The lowest BCUT2D eigenvalue weighted by Gasteiger charge is -2.18. The van der Waals surface area contributed by atoms with Crippen LogP contribution in [0.15, 0.2) is 28.7 Å². The summed E-state index contributed by atoms with van der Waals surface area (Å²) in [5.74, 6) is 0.890. The highest BCUT2D eigenvalue weighted by Gasteiger charge is 2.14. The van der Waals surface area contributed by atoms with Crippen LogP contribution in [-0.4, -0.2) is 33.0 Å². The van der Waals surface area contributed by atoms with Gasteiger partial charge in [0.05, 0.1) is 5.75 Å². The van der Waals surface area contributed by atoms with Gasteiger partial charge in [0.1, 0.15) is 9.84 Å². The molecular formula is C15H24BrNO2S.